The topological polar surface area (TPSA) is 140 Å². The number of carboxylic acids is 1. The number of benzene rings is 2. The van der Waals surface area contributed by atoms with Crippen molar-refractivity contribution in [3.63, 3.8) is 0 Å². The zero-order valence-electron chi connectivity index (χ0n) is 27.3. The lowest BCUT2D eigenvalue weighted by atomic mass is 9.86. The van der Waals surface area contributed by atoms with Crippen molar-refractivity contribution in [2.24, 2.45) is 11.3 Å². The van der Waals surface area contributed by atoms with Crippen LogP contribution in [0.25, 0.3) is 11.3 Å². The van der Waals surface area contributed by atoms with E-state index < -0.39 is 16.0 Å². The normalized spacial score (nSPS) is 17.4. The third-order valence-electron chi connectivity index (χ3n) is 7.84. The molecule has 11 heteroatoms. The summed E-state index contributed by atoms with van der Waals surface area (Å²) in [4.78, 5) is 20.3. The maximum Gasteiger partial charge on any atom is 0.335 e. The third kappa shape index (κ3) is 9.72. The molecule has 1 unspecified atom stereocenters. The second-order valence-corrected chi connectivity index (χ2v) is 15.5. The Morgan fingerprint density at radius 1 is 1.11 bits per heavy atom. The van der Waals surface area contributed by atoms with Crippen molar-refractivity contribution in [3.8, 4) is 17.1 Å². The van der Waals surface area contributed by atoms with Gasteiger partial charge in [0.2, 0.25) is 11.8 Å². The Morgan fingerprint density at radius 3 is 2.44 bits per heavy atom. The van der Waals surface area contributed by atoms with E-state index in [-0.39, 0.29) is 39.3 Å². The van der Waals surface area contributed by atoms with Gasteiger partial charge in [-0.1, -0.05) is 45.0 Å². The molecule has 2 heterocycles. The van der Waals surface area contributed by atoms with Gasteiger partial charge in [-0.3, -0.25) is 0 Å². The molecule has 1 fully saturated rings. The molecule has 1 aliphatic heterocycles. The highest BCUT2D eigenvalue weighted by Crippen LogP contribution is 2.31. The molecule has 1 aromatic heterocycles. The van der Waals surface area contributed by atoms with Gasteiger partial charge in [0.15, 0.2) is 0 Å². The summed E-state index contributed by atoms with van der Waals surface area (Å²) < 4.78 is 41.3. The predicted molar refractivity (Wildman–Crippen MR) is 175 cm³/mol. The molecule has 0 spiro atoms. The molecule has 0 radical (unpaired) electrons. The average molecular weight is 639 g/mol. The lowest BCUT2D eigenvalue weighted by molar-refractivity contribution is -0.0723. The van der Waals surface area contributed by atoms with Crippen molar-refractivity contribution in [3.05, 3.63) is 65.2 Å². The predicted octanol–water partition coefficient (Wildman–Crippen LogP) is 6.24. The first-order valence-corrected chi connectivity index (χ1v) is 16.8. The SMILES string of the molecule is Cc1cccc(C)c1-c1cc(OC[C@@H](CC(C)(C)C)NCC2CCOC(C)(C)C2)nc(NS(=O)(=O)c2cccc(C(=O)O)c2)n1. The van der Waals surface area contributed by atoms with Gasteiger partial charge >= 0.3 is 5.97 Å². The zero-order valence-corrected chi connectivity index (χ0v) is 28.1. The highest BCUT2D eigenvalue weighted by atomic mass is 32.2. The molecule has 244 valence electrons. The summed E-state index contributed by atoms with van der Waals surface area (Å²) in [5, 5.41) is 13.1. The van der Waals surface area contributed by atoms with Gasteiger partial charge in [-0.15, -0.1) is 0 Å². The van der Waals surface area contributed by atoms with Crippen molar-refractivity contribution in [1.82, 2.24) is 15.3 Å². The van der Waals surface area contributed by atoms with Gasteiger partial charge in [0.05, 0.1) is 21.8 Å². The minimum Gasteiger partial charge on any atom is -0.478 e. The van der Waals surface area contributed by atoms with Crippen LogP contribution >= 0.6 is 0 Å². The van der Waals surface area contributed by atoms with Crippen LogP contribution in [0.2, 0.25) is 0 Å². The van der Waals surface area contributed by atoms with E-state index in [0.717, 1.165) is 55.2 Å². The number of sulfonamides is 1. The quantitative estimate of drug-likeness (QED) is 0.210. The Hall–Kier alpha value is -3.54. The standard InChI is InChI=1S/C34H46N4O6S/c1-22-10-8-11-23(2)30(22)28-17-29(37-32(36-28)38-45(41,42)27-13-9-12-25(16-27)31(39)40)43-21-26(19-33(3,4)5)35-20-24-14-15-44-34(6,7)18-24/h8-13,16-17,24,26,35H,14-15,18-21H2,1-7H3,(H,39,40)(H,36,37,38)/t24?,26-/m1/s1. The van der Waals surface area contributed by atoms with E-state index in [4.69, 9.17) is 9.47 Å². The van der Waals surface area contributed by atoms with E-state index >= 15 is 0 Å². The molecule has 1 saturated heterocycles. The van der Waals surface area contributed by atoms with Gasteiger partial charge < -0.3 is 19.9 Å². The Labute approximate surface area is 267 Å². The van der Waals surface area contributed by atoms with E-state index in [1.54, 1.807) is 6.07 Å². The zero-order chi connectivity index (χ0) is 33.0. The van der Waals surface area contributed by atoms with Crippen molar-refractivity contribution < 1.29 is 27.8 Å². The maximum absolute atomic E-state index is 13.3. The molecule has 45 heavy (non-hydrogen) atoms. The summed E-state index contributed by atoms with van der Waals surface area (Å²) in [5.74, 6) is -0.676. The first-order chi connectivity index (χ1) is 21.0. The van der Waals surface area contributed by atoms with E-state index in [1.165, 1.54) is 18.2 Å². The molecule has 0 amide bonds. The number of hydrogen-bond donors (Lipinski definition) is 3. The summed E-state index contributed by atoms with van der Waals surface area (Å²) >= 11 is 0. The van der Waals surface area contributed by atoms with Gasteiger partial charge in [0.25, 0.3) is 10.0 Å². The minimum atomic E-state index is -4.21. The number of hydrogen-bond acceptors (Lipinski definition) is 8. The molecular weight excluding hydrogens is 592 g/mol. The number of aromatic carboxylic acids is 1. The van der Waals surface area contributed by atoms with Crippen LogP contribution in [0.3, 0.4) is 0 Å². The Balaban J connectivity index is 1.62. The highest BCUT2D eigenvalue weighted by molar-refractivity contribution is 7.92. The fraction of sp³-hybridized carbons (Fsp3) is 0.500. The summed E-state index contributed by atoms with van der Waals surface area (Å²) in [7, 11) is -4.21. The Bertz CT molecular complexity index is 1600. The average Bonchev–Trinajstić information content (AvgIpc) is 2.93. The number of nitrogens with one attached hydrogen (secondary N) is 2. The van der Waals surface area contributed by atoms with Crippen LogP contribution in [0.1, 0.15) is 75.4 Å². The van der Waals surface area contributed by atoms with Gasteiger partial charge in [0, 0.05) is 24.3 Å². The summed E-state index contributed by atoms with van der Waals surface area (Å²) in [6.07, 6.45) is 2.84. The third-order valence-corrected chi connectivity index (χ3v) is 9.17. The fourth-order valence-electron chi connectivity index (χ4n) is 5.85. The van der Waals surface area contributed by atoms with Gasteiger partial charge in [-0.2, -0.15) is 4.98 Å². The van der Waals surface area contributed by atoms with Gasteiger partial charge in [0.1, 0.15) is 6.61 Å². The van der Waals surface area contributed by atoms with Crippen LogP contribution in [0.5, 0.6) is 5.88 Å². The van der Waals surface area contributed by atoms with Crippen LogP contribution in [0.4, 0.5) is 5.95 Å². The minimum absolute atomic E-state index is 0.0217. The molecular formula is C34H46N4O6S. The van der Waals surface area contributed by atoms with E-state index in [1.807, 2.05) is 32.0 Å². The Kier molecular flexibility index (Phi) is 10.6. The van der Waals surface area contributed by atoms with Crippen molar-refractivity contribution in [1.29, 1.82) is 0 Å². The first kappa shape index (κ1) is 34.3. The summed E-state index contributed by atoms with van der Waals surface area (Å²) in [6.45, 7) is 16.7. The lowest BCUT2D eigenvalue weighted by Gasteiger charge is -2.36. The van der Waals surface area contributed by atoms with Crippen LogP contribution < -0.4 is 14.8 Å². The van der Waals surface area contributed by atoms with E-state index in [9.17, 15) is 18.3 Å². The van der Waals surface area contributed by atoms with Crippen LogP contribution in [-0.2, 0) is 14.8 Å². The van der Waals surface area contributed by atoms with Crippen LogP contribution in [-0.4, -0.2) is 60.9 Å². The molecule has 10 nitrogen and oxygen atoms in total. The highest BCUT2D eigenvalue weighted by Gasteiger charge is 2.30. The number of ether oxygens (including phenoxy) is 2. The fourth-order valence-corrected chi connectivity index (χ4v) is 6.84. The number of carboxylic acid groups (broad SMARTS) is 1. The summed E-state index contributed by atoms with van der Waals surface area (Å²) in [5.41, 5.74) is 3.06. The van der Waals surface area contributed by atoms with Crippen molar-refractivity contribution in [2.75, 3.05) is 24.5 Å². The lowest BCUT2D eigenvalue weighted by Crippen LogP contribution is -2.43. The molecule has 3 aromatic rings. The van der Waals surface area contributed by atoms with Gasteiger partial charge in [-0.05, 0) is 94.2 Å². The molecule has 4 rings (SSSR count). The number of aromatic nitrogens is 2. The van der Waals surface area contributed by atoms with Crippen molar-refractivity contribution >= 4 is 21.9 Å². The largest absolute Gasteiger partial charge is 0.478 e. The number of rotatable bonds is 12. The van der Waals surface area contributed by atoms with Gasteiger partial charge in [-0.25, -0.2) is 22.9 Å². The van der Waals surface area contributed by atoms with Crippen LogP contribution in [0, 0.1) is 25.2 Å². The smallest absolute Gasteiger partial charge is 0.335 e. The molecule has 2 aromatic carbocycles. The molecule has 0 aliphatic carbocycles. The van der Waals surface area contributed by atoms with E-state index in [2.05, 4.69) is 54.6 Å². The molecule has 1 aliphatic rings. The van der Waals surface area contributed by atoms with Crippen molar-refractivity contribution in [2.45, 2.75) is 84.3 Å². The molecule has 0 bridgehead atoms. The number of aryl methyl sites for hydroxylation is 2. The summed E-state index contributed by atoms with van der Waals surface area (Å²) in [6, 6.07) is 12.8. The second-order valence-electron chi connectivity index (χ2n) is 13.8. The van der Waals surface area contributed by atoms with E-state index in [0.29, 0.717) is 18.2 Å². The second kappa shape index (κ2) is 13.8. The van der Waals surface area contributed by atoms with Crippen LogP contribution in [0.15, 0.2) is 53.4 Å². The molecule has 3 N–H and O–H groups in total. The number of carbonyl (C=O) groups is 1. The monoisotopic (exact) mass is 638 g/mol. The Morgan fingerprint density at radius 2 is 1.80 bits per heavy atom. The molecule has 0 saturated carbocycles. The molecule has 2 atom stereocenters. The number of anilines is 1. The first-order valence-electron chi connectivity index (χ1n) is 15.3. The number of nitrogens with zero attached hydrogens (tertiary/aromatic N) is 2. The maximum atomic E-state index is 13.3.